The van der Waals surface area contributed by atoms with Crippen molar-refractivity contribution in [2.24, 2.45) is 0 Å². The third-order valence-electron chi connectivity index (χ3n) is 2.56. The van der Waals surface area contributed by atoms with Gasteiger partial charge in [0.25, 0.3) is 5.69 Å². The third-order valence-corrected chi connectivity index (χ3v) is 2.56. The van der Waals surface area contributed by atoms with Crippen LogP contribution in [0.2, 0.25) is 0 Å². The first kappa shape index (κ1) is 15.1. The Morgan fingerprint density at radius 2 is 2.11 bits per heavy atom. The second kappa shape index (κ2) is 7.45. The molecule has 0 heterocycles. The number of esters is 1. The van der Waals surface area contributed by atoms with Crippen LogP contribution in [0.3, 0.4) is 0 Å². The fraction of sp³-hybridized carbons (Fsp3) is 0.417. The number of nitrogens with zero attached hydrogens (tertiary/aromatic N) is 1. The number of benzene rings is 1. The Kier molecular flexibility index (Phi) is 5.91. The van der Waals surface area contributed by atoms with Crippen LogP contribution < -0.4 is 5.32 Å². The minimum Gasteiger partial charge on any atom is -0.469 e. The van der Waals surface area contributed by atoms with Crippen molar-refractivity contribution in [1.82, 2.24) is 5.32 Å². The second-order valence-corrected chi connectivity index (χ2v) is 3.89. The first-order valence-corrected chi connectivity index (χ1v) is 5.74. The van der Waals surface area contributed by atoms with Crippen LogP contribution in [0.15, 0.2) is 24.3 Å². The maximum atomic E-state index is 10.8. The molecule has 0 amide bonds. The number of nitrogens with one attached hydrogen (secondary N) is 1. The van der Waals surface area contributed by atoms with Crippen LogP contribution in [0, 0.1) is 10.1 Å². The molecule has 0 aliphatic heterocycles. The average Bonchev–Trinajstić information content (AvgIpc) is 2.43. The number of carbonyl (C=O) groups excluding carboxylic acids is 1. The maximum Gasteiger partial charge on any atom is 0.306 e. The Balaban J connectivity index is 2.38. The molecule has 0 aliphatic rings. The molecule has 1 aromatic rings. The summed E-state index contributed by atoms with van der Waals surface area (Å²) in [5.41, 5.74) is 0.561. The fourth-order valence-electron chi connectivity index (χ4n) is 1.47. The van der Waals surface area contributed by atoms with Gasteiger partial charge in [0.2, 0.25) is 0 Å². The maximum absolute atomic E-state index is 10.8. The lowest BCUT2D eigenvalue weighted by Crippen LogP contribution is -2.24. The molecular weight excluding hydrogens is 252 g/mol. The van der Waals surface area contributed by atoms with Crippen molar-refractivity contribution in [1.29, 1.82) is 0 Å². The lowest BCUT2D eigenvalue weighted by Gasteiger charge is -2.11. The molecule has 19 heavy (non-hydrogen) atoms. The number of hydrogen-bond acceptors (Lipinski definition) is 6. The fourth-order valence-corrected chi connectivity index (χ4v) is 1.47. The van der Waals surface area contributed by atoms with Crippen molar-refractivity contribution in [3.05, 3.63) is 39.9 Å². The molecule has 7 nitrogen and oxygen atoms in total. The summed E-state index contributed by atoms with van der Waals surface area (Å²) >= 11 is 0. The molecule has 0 saturated heterocycles. The van der Waals surface area contributed by atoms with Crippen molar-refractivity contribution in [2.75, 3.05) is 20.2 Å². The van der Waals surface area contributed by atoms with Gasteiger partial charge in [0.05, 0.1) is 24.6 Å². The largest absolute Gasteiger partial charge is 0.469 e. The molecule has 1 atom stereocenters. The zero-order valence-electron chi connectivity index (χ0n) is 10.5. The second-order valence-electron chi connectivity index (χ2n) is 3.89. The summed E-state index contributed by atoms with van der Waals surface area (Å²) in [5, 5.41) is 23.2. The standard InChI is InChI=1S/C12H16N2O5/c1-19-12(16)6-7-13-8-11(15)9-2-4-10(5-3-9)14(17)18/h2-5,11,13,15H,6-8H2,1H3. The monoisotopic (exact) mass is 268 g/mol. The van der Waals surface area contributed by atoms with E-state index in [0.29, 0.717) is 12.1 Å². The van der Waals surface area contributed by atoms with Gasteiger partial charge in [-0.25, -0.2) is 0 Å². The molecule has 1 unspecified atom stereocenters. The number of carbonyl (C=O) groups is 1. The molecule has 0 saturated carbocycles. The summed E-state index contributed by atoms with van der Waals surface area (Å²) in [6.07, 6.45) is -0.554. The molecule has 0 radical (unpaired) electrons. The van der Waals surface area contributed by atoms with Gasteiger partial charge in [-0.05, 0) is 17.7 Å². The SMILES string of the molecule is COC(=O)CCNCC(O)c1ccc([N+](=O)[O-])cc1. The van der Waals surface area contributed by atoms with E-state index in [0.717, 1.165) is 0 Å². The molecule has 0 bridgehead atoms. The van der Waals surface area contributed by atoms with E-state index in [-0.39, 0.29) is 24.6 Å². The van der Waals surface area contributed by atoms with Gasteiger partial charge in [-0.3, -0.25) is 14.9 Å². The van der Waals surface area contributed by atoms with Crippen LogP contribution in [0.25, 0.3) is 0 Å². The number of aliphatic hydroxyl groups is 1. The van der Waals surface area contributed by atoms with Crippen molar-refractivity contribution in [2.45, 2.75) is 12.5 Å². The Morgan fingerprint density at radius 3 is 2.63 bits per heavy atom. The van der Waals surface area contributed by atoms with Crippen molar-refractivity contribution in [3.63, 3.8) is 0 Å². The van der Waals surface area contributed by atoms with Gasteiger partial charge in [-0.1, -0.05) is 0 Å². The quantitative estimate of drug-likeness (QED) is 0.328. The van der Waals surface area contributed by atoms with Gasteiger partial charge in [-0.2, -0.15) is 0 Å². The van der Waals surface area contributed by atoms with Crippen LogP contribution in [0.5, 0.6) is 0 Å². The normalized spacial score (nSPS) is 11.9. The molecule has 0 spiro atoms. The van der Waals surface area contributed by atoms with Crippen molar-refractivity contribution >= 4 is 11.7 Å². The van der Waals surface area contributed by atoms with Gasteiger partial charge in [0, 0.05) is 25.2 Å². The number of aliphatic hydroxyl groups excluding tert-OH is 1. The average molecular weight is 268 g/mol. The highest BCUT2D eigenvalue weighted by Gasteiger charge is 2.10. The minimum absolute atomic E-state index is 0.0189. The number of non-ortho nitro benzene ring substituents is 1. The van der Waals surface area contributed by atoms with E-state index >= 15 is 0 Å². The highest BCUT2D eigenvalue weighted by molar-refractivity contribution is 5.69. The van der Waals surface area contributed by atoms with E-state index in [1.807, 2.05) is 0 Å². The van der Waals surface area contributed by atoms with Crippen molar-refractivity contribution in [3.8, 4) is 0 Å². The summed E-state index contributed by atoms with van der Waals surface area (Å²) in [6, 6.07) is 5.69. The number of ether oxygens (including phenoxy) is 1. The molecule has 1 aromatic carbocycles. The highest BCUT2D eigenvalue weighted by Crippen LogP contribution is 2.17. The summed E-state index contributed by atoms with van der Waals surface area (Å²) < 4.78 is 4.47. The summed E-state index contributed by atoms with van der Waals surface area (Å²) in [7, 11) is 1.31. The van der Waals surface area contributed by atoms with Gasteiger partial charge in [-0.15, -0.1) is 0 Å². The molecule has 2 N–H and O–H groups in total. The van der Waals surface area contributed by atoms with Crippen molar-refractivity contribution < 1.29 is 19.6 Å². The third kappa shape index (κ3) is 5.02. The van der Waals surface area contributed by atoms with Crippen LogP contribution in [0.4, 0.5) is 5.69 Å². The topological polar surface area (TPSA) is 102 Å². The minimum atomic E-state index is -0.779. The summed E-state index contributed by atoms with van der Waals surface area (Å²) in [5.74, 6) is -0.322. The first-order chi connectivity index (χ1) is 9.04. The summed E-state index contributed by atoms with van der Waals surface area (Å²) in [4.78, 5) is 20.8. The number of nitro groups is 1. The lowest BCUT2D eigenvalue weighted by molar-refractivity contribution is -0.384. The molecule has 104 valence electrons. The van der Waals surface area contributed by atoms with Gasteiger partial charge < -0.3 is 15.2 Å². The van der Waals surface area contributed by atoms with E-state index in [4.69, 9.17) is 0 Å². The van der Waals surface area contributed by atoms with Crippen LogP contribution in [0.1, 0.15) is 18.1 Å². The number of rotatable bonds is 7. The molecule has 0 fully saturated rings. The molecular formula is C12H16N2O5. The van der Waals surface area contributed by atoms with Crippen LogP contribution in [-0.4, -0.2) is 36.2 Å². The Bertz CT molecular complexity index is 432. The Hall–Kier alpha value is -1.99. The predicted molar refractivity (Wildman–Crippen MR) is 67.6 cm³/mol. The smallest absolute Gasteiger partial charge is 0.306 e. The van der Waals surface area contributed by atoms with E-state index < -0.39 is 11.0 Å². The Morgan fingerprint density at radius 1 is 1.47 bits per heavy atom. The summed E-state index contributed by atoms with van der Waals surface area (Å²) in [6.45, 7) is 0.658. The van der Waals surface area contributed by atoms with E-state index in [1.165, 1.54) is 31.4 Å². The highest BCUT2D eigenvalue weighted by atomic mass is 16.6. The van der Waals surface area contributed by atoms with Crippen LogP contribution in [-0.2, 0) is 9.53 Å². The zero-order valence-corrected chi connectivity index (χ0v) is 10.5. The molecule has 7 heteroatoms. The van der Waals surface area contributed by atoms with Crippen LogP contribution >= 0.6 is 0 Å². The van der Waals surface area contributed by atoms with Gasteiger partial charge >= 0.3 is 5.97 Å². The van der Waals surface area contributed by atoms with E-state index in [1.54, 1.807) is 0 Å². The van der Waals surface area contributed by atoms with Gasteiger partial charge in [0.1, 0.15) is 0 Å². The lowest BCUT2D eigenvalue weighted by atomic mass is 10.1. The Labute approximate surface area is 110 Å². The zero-order chi connectivity index (χ0) is 14.3. The molecule has 0 aromatic heterocycles. The first-order valence-electron chi connectivity index (χ1n) is 5.74. The molecule has 1 rings (SSSR count). The van der Waals surface area contributed by atoms with E-state index in [2.05, 4.69) is 10.1 Å². The number of methoxy groups -OCH3 is 1. The number of nitro benzene ring substituents is 1. The number of hydrogen-bond donors (Lipinski definition) is 2. The molecule has 0 aliphatic carbocycles. The predicted octanol–water partition coefficient (Wildman–Crippen LogP) is 0.781. The van der Waals surface area contributed by atoms with E-state index in [9.17, 15) is 20.0 Å². The van der Waals surface area contributed by atoms with Gasteiger partial charge in [0.15, 0.2) is 0 Å².